The molecule has 15 heavy (non-hydrogen) atoms. The van der Waals surface area contributed by atoms with E-state index in [1.165, 1.54) is 6.92 Å². The lowest BCUT2D eigenvalue weighted by Gasteiger charge is -2.07. The van der Waals surface area contributed by atoms with E-state index in [2.05, 4.69) is 0 Å². The Morgan fingerprint density at radius 2 is 2.00 bits per heavy atom. The van der Waals surface area contributed by atoms with E-state index in [0.717, 1.165) is 5.56 Å². The van der Waals surface area contributed by atoms with E-state index in [9.17, 15) is 9.59 Å². The summed E-state index contributed by atoms with van der Waals surface area (Å²) in [5.41, 5.74) is 0.953. The Balaban J connectivity index is 2.16. The molecule has 2 atom stereocenters. The van der Waals surface area contributed by atoms with Gasteiger partial charge in [0, 0.05) is 6.42 Å². The fourth-order valence-electron chi connectivity index (χ4n) is 1.78. The van der Waals surface area contributed by atoms with Crippen molar-refractivity contribution in [3.63, 3.8) is 0 Å². The second-order valence-electron chi connectivity index (χ2n) is 3.74. The third-order valence-corrected chi connectivity index (χ3v) is 2.65. The van der Waals surface area contributed by atoms with Gasteiger partial charge in [0.1, 0.15) is 17.8 Å². The molecule has 0 amide bonds. The lowest BCUT2D eigenvalue weighted by atomic mass is 9.97. The number of carbonyl (C=O) groups excluding carboxylic acids is 2. The van der Waals surface area contributed by atoms with Gasteiger partial charge in [-0.25, -0.2) is 0 Å². The average molecular weight is 204 g/mol. The van der Waals surface area contributed by atoms with Crippen LogP contribution in [0.3, 0.4) is 0 Å². The van der Waals surface area contributed by atoms with Crippen LogP contribution < -0.4 is 0 Å². The smallest absolute Gasteiger partial charge is 0.317 e. The molecule has 1 aliphatic rings. The molecule has 3 heteroatoms. The number of cyclic esters (lactones) is 1. The molecule has 0 radical (unpaired) electrons. The normalized spacial score (nSPS) is 25.0. The van der Waals surface area contributed by atoms with Crippen LogP contribution in [0.5, 0.6) is 0 Å². The summed E-state index contributed by atoms with van der Waals surface area (Å²) < 4.78 is 5.16. The second-order valence-corrected chi connectivity index (χ2v) is 3.74. The van der Waals surface area contributed by atoms with Gasteiger partial charge in [-0.2, -0.15) is 0 Å². The molecule has 3 nitrogen and oxygen atoms in total. The number of ketones is 1. The average Bonchev–Trinajstić information content (AvgIpc) is 2.62. The zero-order valence-electron chi connectivity index (χ0n) is 8.47. The van der Waals surface area contributed by atoms with E-state index < -0.39 is 11.9 Å². The monoisotopic (exact) mass is 204 g/mol. The molecular weight excluding hydrogens is 192 g/mol. The minimum absolute atomic E-state index is 0.113. The van der Waals surface area contributed by atoms with Crippen molar-refractivity contribution in [1.29, 1.82) is 0 Å². The first-order chi connectivity index (χ1) is 7.18. The molecule has 2 rings (SSSR count). The molecule has 0 saturated carbocycles. The van der Waals surface area contributed by atoms with Crippen molar-refractivity contribution < 1.29 is 14.3 Å². The molecule has 0 aromatic heterocycles. The Hall–Kier alpha value is -1.64. The molecule has 1 heterocycles. The second kappa shape index (κ2) is 3.85. The van der Waals surface area contributed by atoms with Crippen LogP contribution >= 0.6 is 0 Å². The van der Waals surface area contributed by atoms with Crippen LogP contribution in [0.1, 0.15) is 25.0 Å². The number of Topliss-reactive ketones (excluding diaryl/α,β-unsaturated/α-hetero) is 1. The Kier molecular flexibility index (Phi) is 2.54. The Morgan fingerprint density at radius 3 is 2.53 bits per heavy atom. The van der Waals surface area contributed by atoms with E-state index in [1.807, 2.05) is 30.3 Å². The number of hydrogen-bond donors (Lipinski definition) is 0. The standard InChI is InChI=1S/C12H12O3/c1-8(13)10-7-11(15-12(10)14)9-5-3-2-4-6-9/h2-6,10-11H,7H2,1H3/t10-,11-/m1/s1. The van der Waals surface area contributed by atoms with Gasteiger partial charge in [0.25, 0.3) is 0 Å². The van der Waals surface area contributed by atoms with Gasteiger partial charge in [-0.1, -0.05) is 30.3 Å². The highest BCUT2D eigenvalue weighted by Gasteiger charge is 2.37. The number of ether oxygens (including phenoxy) is 1. The summed E-state index contributed by atoms with van der Waals surface area (Å²) in [6.45, 7) is 1.43. The quantitative estimate of drug-likeness (QED) is 0.545. The molecule has 1 aromatic carbocycles. The van der Waals surface area contributed by atoms with Crippen molar-refractivity contribution in [3.8, 4) is 0 Å². The largest absolute Gasteiger partial charge is 0.457 e. The maximum Gasteiger partial charge on any atom is 0.317 e. The first-order valence-electron chi connectivity index (χ1n) is 4.94. The van der Waals surface area contributed by atoms with Crippen molar-refractivity contribution in [3.05, 3.63) is 35.9 Å². The summed E-state index contributed by atoms with van der Waals surface area (Å²) >= 11 is 0. The van der Waals surface area contributed by atoms with E-state index in [-0.39, 0.29) is 11.9 Å². The molecule has 1 saturated heterocycles. The van der Waals surface area contributed by atoms with Gasteiger partial charge in [0.2, 0.25) is 0 Å². The van der Waals surface area contributed by atoms with Gasteiger partial charge in [-0.3, -0.25) is 9.59 Å². The molecule has 0 unspecified atom stereocenters. The zero-order chi connectivity index (χ0) is 10.8. The molecule has 0 bridgehead atoms. The number of esters is 1. The highest BCUT2D eigenvalue weighted by atomic mass is 16.6. The molecule has 78 valence electrons. The summed E-state index contributed by atoms with van der Waals surface area (Å²) in [7, 11) is 0. The van der Waals surface area contributed by atoms with Gasteiger partial charge in [0.05, 0.1) is 0 Å². The number of rotatable bonds is 2. The molecule has 1 aromatic rings. The Labute approximate surface area is 88.1 Å². The lowest BCUT2D eigenvalue weighted by Crippen LogP contribution is -2.15. The third kappa shape index (κ3) is 1.91. The summed E-state index contributed by atoms with van der Waals surface area (Å²) in [6.07, 6.45) is 0.214. The van der Waals surface area contributed by atoms with Crippen molar-refractivity contribution in [2.75, 3.05) is 0 Å². The number of benzene rings is 1. The Bertz CT molecular complexity index is 383. The van der Waals surface area contributed by atoms with Crippen LogP contribution in [-0.4, -0.2) is 11.8 Å². The summed E-state index contributed by atoms with van der Waals surface area (Å²) in [6, 6.07) is 9.50. The first-order valence-corrected chi connectivity index (χ1v) is 4.94. The van der Waals surface area contributed by atoms with Crippen LogP contribution in [-0.2, 0) is 14.3 Å². The predicted octanol–water partition coefficient (Wildman–Crippen LogP) is 1.88. The van der Waals surface area contributed by atoms with Crippen molar-refractivity contribution in [1.82, 2.24) is 0 Å². The van der Waals surface area contributed by atoms with E-state index in [1.54, 1.807) is 0 Å². The number of carbonyl (C=O) groups is 2. The number of hydrogen-bond acceptors (Lipinski definition) is 3. The van der Waals surface area contributed by atoms with Gasteiger partial charge in [-0.15, -0.1) is 0 Å². The van der Waals surface area contributed by atoms with Crippen LogP contribution in [0.2, 0.25) is 0 Å². The maximum atomic E-state index is 11.4. The third-order valence-electron chi connectivity index (χ3n) is 2.65. The van der Waals surface area contributed by atoms with E-state index >= 15 is 0 Å². The van der Waals surface area contributed by atoms with Gasteiger partial charge >= 0.3 is 5.97 Å². The summed E-state index contributed by atoms with van der Waals surface area (Å²) in [5.74, 6) is -1.08. The molecule has 1 aliphatic heterocycles. The van der Waals surface area contributed by atoms with Crippen molar-refractivity contribution in [2.45, 2.75) is 19.4 Å². The summed E-state index contributed by atoms with van der Waals surface area (Å²) in [5, 5.41) is 0. The van der Waals surface area contributed by atoms with Crippen LogP contribution in [0.25, 0.3) is 0 Å². The van der Waals surface area contributed by atoms with E-state index in [0.29, 0.717) is 6.42 Å². The van der Waals surface area contributed by atoms with Crippen LogP contribution in [0, 0.1) is 5.92 Å². The predicted molar refractivity (Wildman–Crippen MR) is 54.1 cm³/mol. The fraction of sp³-hybridized carbons (Fsp3) is 0.333. The Morgan fingerprint density at radius 1 is 1.33 bits per heavy atom. The molecule has 0 aliphatic carbocycles. The van der Waals surface area contributed by atoms with Crippen molar-refractivity contribution >= 4 is 11.8 Å². The molecular formula is C12H12O3. The molecule has 0 N–H and O–H groups in total. The molecule has 0 spiro atoms. The summed E-state index contributed by atoms with van der Waals surface area (Å²) in [4.78, 5) is 22.5. The highest BCUT2D eigenvalue weighted by Crippen LogP contribution is 2.33. The van der Waals surface area contributed by atoms with Crippen LogP contribution in [0.4, 0.5) is 0 Å². The highest BCUT2D eigenvalue weighted by molar-refractivity contribution is 5.98. The van der Waals surface area contributed by atoms with Crippen LogP contribution in [0.15, 0.2) is 30.3 Å². The SMILES string of the molecule is CC(=O)[C@H]1C[C@H](c2ccccc2)OC1=O. The zero-order valence-corrected chi connectivity index (χ0v) is 8.47. The minimum atomic E-state index is -0.574. The first kappa shape index (κ1) is 9.90. The maximum absolute atomic E-state index is 11.4. The van der Waals surface area contributed by atoms with Crippen molar-refractivity contribution in [2.24, 2.45) is 5.92 Å². The fourth-order valence-corrected chi connectivity index (χ4v) is 1.78. The minimum Gasteiger partial charge on any atom is -0.457 e. The van der Waals surface area contributed by atoms with Gasteiger partial charge in [-0.05, 0) is 12.5 Å². The topological polar surface area (TPSA) is 43.4 Å². The van der Waals surface area contributed by atoms with Gasteiger partial charge < -0.3 is 4.74 Å². The van der Waals surface area contributed by atoms with Gasteiger partial charge in [0.15, 0.2) is 0 Å². The van der Waals surface area contributed by atoms with E-state index in [4.69, 9.17) is 4.74 Å². The molecule has 1 fully saturated rings. The lowest BCUT2D eigenvalue weighted by molar-refractivity contribution is -0.146.